The molecule has 0 spiro atoms. The van der Waals surface area contributed by atoms with Gasteiger partial charge in [0.25, 0.3) is 0 Å². The molecule has 27 heavy (non-hydrogen) atoms. The molecular weight excluding hydrogens is 414 g/mol. The Kier molecular flexibility index (Phi) is 3.93. The minimum atomic E-state index is -1.05. The highest BCUT2D eigenvalue weighted by Crippen LogP contribution is 2.46. The Morgan fingerprint density at radius 2 is 1.70 bits per heavy atom. The van der Waals surface area contributed by atoms with Crippen molar-refractivity contribution < 1.29 is 8.78 Å². The van der Waals surface area contributed by atoms with Crippen molar-refractivity contribution in [2.75, 3.05) is 0 Å². The Hall–Kier alpha value is -2.28. The Bertz CT molecular complexity index is 1120. The van der Waals surface area contributed by atoms with Gasteiger partial charge >= 0.3 is 0 Å². The Morgan fingerprint density at radius 1 is 0.963 bits per heavy atom. The Labute approximate surface area is 163 Å². The number of aliphatic imine (C=N–C) groups is 1. The Balaban J connectivity index is 1.99. The van der Waals surface area contributed by atoms with Gasteiger partial charge in [0.1, 0.15) is 5.71 Å². The van der Waals surface area contributed by atoms with E-state index in [1.54, 1.807) is 0 Å². The van der Waals surface area contributed by atoms with Crippen LogP contribution in [0.25, 0.3) is 11.0 Å². The number of benzene rings is 2. The largest absolute Gasteiger partial charge is 0.274 e. The molecule has 0 fully saturated rings. The van der Waals surface area contributed by atoms with E-state index in [4.69, 9.17) is 4.99 Å². The standard InChI is InChI=1S/C20H17BrF2N4/c1-19(2)14-10(6-5-7-11(14)21)16(25-20(19,3)4)18-24-13-9-8-12(22)15(23)17(13)26-27-18/h5-9H,1-4H3. The normalized spacial score (nSPS) is 17.5. The van der Waals surface area contributed by atoms with Gasteiger partial charge in [-0.2, -0.15) is 0 Å². The van der Waals surface area contributed by atoms with Gasteiger partial charge in [-0.15, -0.1) is 10.2 Å². The van der Waals surface area contributed by atoms with Crippen LogP contribution in [-0.2, 0) is 5.41 Å². The first kappa shape index (κ1) is 18.1. The van der Waals surface area contributed by atoms with Crippen molar-refractivity contribution in [3.63, 3.8) is 0 Å². The molecular formula is C20H17BrF2N4. The van der Waals surface area contributed by atoms with Gasteiger partial charge < -0.3 is 0 Å². The number of rotatable bonds is 1. The minimum Gasteiger partial charge on any atom is -0.274 e. The van der Waals surface area contributed by atoms with Crippen LogP contribution in [0.1, 0.15) is 44.6 Å². The SMILES string of the molecule is CC1(C)N=C(c2nnc3c(F)c(F)ccc3n2)c2cccc(Br)c2C1(C)C. The van der Waals surface area contributed by atoms with E-state index in [1.165, 1.54) is 6.07 Å². The van der Waals surface area contributed by atoms with E-state index in [2.05, 4.69) is 58.8 Å². The lowest BCUT2D eigenvalue weighted by molar-refractivity contribution is 0.302. The number of nitrogens with zero attached hydrogens (tertiary/aromatic N) is 4. The van der Waals surface area contributed by atoms with Crippen LogP contribution in [0.2, 0.25) is 0 Å². The van der Waals surface area contributed by atoms with Gasteiger partial charge in [0.2, 0.25) is 5.82 Å². The quantitative estimate of drug-likeness (QED) is 0.547. The lowest BCUT2D eigenvalue weighted by Crippen LogP contribution is -2.46. The maximum atomic E-state index is 13.9. The number of fused-ring (bicyclic) bond motifs is 2. The van der Waals surface area contributed by atoms with Crippen LogP contribution in [0, 0.1) is 11.6 Å². The molecule has 0 saturated carbocycles. The fourth-order valence-electron chi connectivity index (χ4n) is 3.36. The van der Waals surface area contributed by atoms with E-state index in [0.717, 1.165) is 21.7 Å². The van der Waals surface area contributed by atoms with Crippen molar-refractivity contribution in [1.82, 2.24) is 15.2 Å². The van der Waals surface area contributed by atoms with E-state index in [-0.39, 0.29) is 22.3 Å². The zero-order valence-electron chi connectivity index (χ0n) is 15.3. The first-order chi connectivity index (χ1) is 12.6. The zero-order valence-corrected chi connectivity index (χ0v) is 16.9. The molecule has 4 rings (SSSR count). The molecule has 0 N–H and O–H groups in total. The van der Waals surface area contributed by atoms with E-state index >= 15 is 0 Å². The summed E-state index contributed by atoms with van der Waals surface area (Å²) in [7, 11) is 0. The summed E-state index contributed by atoms with van der Waals surface area (Å²) in [5.41, 5.74) is 1.96. The predicted octanol–water partition coefficient (Wildman–Crippen LogP) is 4.97. The average molecular weight is 431 g/mol. The van der Waals surface area contributed by atoms with Crippen molar-refractivity contribution >= 4 is 32.7 Å². The third kappa shape index (κ3) is 2.59. The molecule has 4 nitrogen and oxygen atoms in total. The van der Waals surface area contributed by atoms with Gasteiger partial charge in [0.15, 0.2) is 17.2 Å². The second kappa shape index (κ2) is 5.86. The van der Waals surface area contributed by atoms with Crippen LogP contribution in [0.4, 0.5) is 8.78 Å². The molecule has 138 valence electrons. The molecule has 0 amide bonds. The maximum Gasteiger partial charge on any atom is 0.201 e. The van der Waals surface area contributed by atoms with Gasteiger partial charge in [-0.05, 0) is 37.6 Å². The Morgan fingerprint density at radius 3 is 2.44 bits per heavy atom. The molecule has 1 aliphatic rings. The van der Waals surface area contributed by atoms with Crippen molar-refractivity contribution in [2.45, 2.75) is 38.6 Å². The van der Waals surface area contributed by atoms with Crippen molar-refractivity contribution in [3.8, 4) is 0 Å². The summed E-state index contributed by atoms with van der Waals surface area (Å²) in [4.78, 5) is 9.35. The van der Waals surface area contributed by atoms with Gasteiger partial charge in [-0.25, -0.2) is 13.8 Å². The van der Waals surface area contributed by atoms with Crippen LogP contribution in [0.15, 0.2) is 39.8 Å². The fourth-order valence-corrected chi connectivity index (χ4v) is 4.22. The summed E-state index contributed by atoms with van der Waals surface area (Å²) < 4.78 is 28.3. The van der Waals surface area contributed by atoms with Crippen LogP contribution in [0.3, 0.4) is 0 Å². The number of hydrogen-bond donors (Lipinski definition) is 0. The highest BCUT2D eigenvalue weighted by atomic mass is 79.9. The predicted molar refractivity (Wildman–Crippen MR) is 104 cm³/mol. The molecule has 7 heteroatoms. The summed E-state index contributed by atoms with van der Waals surface area (Å²) in [6.45, 7) is 8.40. The minimum absolute atomic E-state index is 0.191. The molecule has 0 bridgehead atoms. The molecule has 0 aliphatic carbocycles. The lowest BCUT2D eigenvalue weighted by atomic mass is 9.66. The topological polar surface area (TPSA) is 51.0 Å². The molecule has 2 heterocycles. The van der Waals surface area contributed by atoms with Crippen LogP contribution >= 0.6 is 15.9 Å². The second-order valence-electron chi connectivity index (χ2n) is 7.67. The smallest absolute Gasteiger partial charge is 0.201 e. The third-order valence-electron chi connectivity index (χ3n) is 5.55. The number of halogens is 3. The van der Waals surface area contributed by atoms with Crippen LogP contribution in [-0.4, -0.2) is 26.4 Å². The highest BCUT2D eigenvalue weighted by Gasteiger charge is 2.45. The molecule has 0 saturated heterocycles. The summed E-state index contributed by atoms with van der Waals surface area (Å²) in [5.74, 6) is -1.73. The van der Waals surface area contributed by atoms with E-state index in [1.807, 2.05) is 18.2 Å². The summed E-state index contributed by atoms with van der Waals surface area (Å²) in [5, 5.41) is 7.94. The second-order valence-corrected chi connectivity index (χ2v) is 8.53. The summed E-state index contributed by atoms with van der Waals surface area (Å²) >= 11 is 3.66. The highest BCUT2D eigenvalue weighted by molar-refractivity contribution is 9.10. The lowest BCUT2D eigenvalue weighted by Gasteiger charge is -2.44. The van der Waals surface area contributed by atoms with E-state index in [9.17, 15) is 8.78 Å². The van der Waals surface area contributed by atoms with Crippen molar-refractivity contribution in [2.24, 2.45) is 4.99 Å². The number of aromatic nitrogens is 3. The average Bonchev–Trinajstić information content (AvgIpc) is 2.61. The first-order valence-corrected chi connectivity index (χ1v) is 9.31. The summed E-state index contributed by atoms with van der Waals surface area (Å²) in [6, 6.07) is 8.32. The zero-order chi connectivity index (χ0) is 19.6. The molecule has 2 aromatic carbocycles. The maximum absolute atomic E-state index is 13.9. The van der Waals surface area contributed by atoms with Gasteiger partial charge in [-0.3, -0.25) is 4.99 Å². The van der Waals surface area contributed by atoms with Crippen molar-refractivity contribution in [3.05, 3.63) is 63.4 Å². The summed E-state index contributed by atoms with van der Waals surface area (Å²) in [6.07, 6.45) is 0. The molecule has 0 atom stereocenters. The molecule has 0 unspecified atom stereocenters. The molecule has 1 aromatic heterocycles. The first-order valence-electron chi connectivity index (χ1n) is 8.51. The monoisotopic (exact) mass is 430 g/mol. The van der Waals surface area contributed by atoms with E-state index < -0.39 is 17.2 Å². The van der Waals surface area contributed by atoms with Crippen molar-refractivity contribution in [1.29, 1.82) is 0 Å². The van der Waals surface area contributed by atoms with Gasteiger partial charge in [0, 0.05) is 15.5 Å². The van der Waals surface area contributed by atoms with E-state index in [0.29, 0.717) is 5.71 Å². The van der Waals surface area contributed by atoms with Crippen LogP contribution in [0.5, 0.6) is 0 Å². The number of hydrogen-bond acceptors (Lipinski definition) is 4. The third-order valence-corrected chi connectivity index (χ3v) is 6.21. The van der Waals surface area contributed by atoms with Gasteiger partial charge in [-0.1, -0.05) is 41.9 Å². The fraction of sp³-hybridized carbons (Fsp3) is 0.300. The van der Waals surface area contributed by atoms with Crippen LogP contribution < -0.4 is 0 Å². The molecule has 1 aliphatic heterocycles. The van der Waals surface area contributed by atoms with Gasteiger partial charge in [0.05, 0.1) is 11.1 Å². The molecule has 3 aromatic rings. The molecule has 0 radical (unpaired) electrons.